The topological polar surface area (TPSA) is 37.8 Å². The second-order valence-electron chi connectivity index (χ2n) is 2.82. The van der Waals surface area contributed by atoms with Crippen molar-refractivity contribution >= 4 is 33.1 Å². The molecule has 15 heavy (non-hydrogen) atoms. The van der Waals surface area contributed by atoms with E-state index in [1.807, 2.05) is 5.38 Å². The highest BCUT2D eigenvalue weighted by atomic mass is 79.9. The van der Waals surface area contributed by atoms with Gasteiger partial charge in [0.05, 0.1) is 17.7 Å². The molecular formula is C9H7BrFN3S. The first-order chi connectivity index (χ1) is 7.25. The Morgan fingerprint density at radius 2 is 2.33 bits per heavy atom. The molecule has 0 aliphatic rings. The van der Waals surface area contributed by atoms with E-state index in [-0.39, 0.29) is 11.6 Å². The highest BCUT2D eigenvalue weighted by Crippen LogP contribution is 2.16. The van der Waals surface area contributed by atoms with Gasteiger partial charge < -0.3 is 5.32 Å². The van der Waals surface area contributed by atoms with Crippen LogP contribution in [0.4, 0.5) is 10.2 Å². The van der Waals surface area contributed by atoms with Crippen molar-refractivity contribution in [3.63, 3.8) is 0 Å². The molecule has 0 saturated carbocycles. The van der Waals surface area contributed by atoms with Gasteiger partial charge in [-0.05, 0) is 22.0 Å². The summed E-state index contributed by atoms with van der Waals surface area (Å²) in [7, 11) is 0. The molecule has 1 N–H and O–H groups in total. The van der Waals surface area contributed by atoms with E-state index in [4.69, 9.17) is 0 Å². The number of thiazole rings is 1. The van der Waals surface area contributed by atoms with E-state index in [1.54, 1.807) is 11.7 Å². The fourth-order valence-electron chi connectivity index (χ4n) is 1.04. The predicted octanol–water partition coefficient (Wildman–Crippen LogP) is 3.05. The maximum absolute atomic E-state index is 13.3. The van der Waals surface area contributed by atoms with Crippen molar-refractivity contribution in [2.24, 2.45) is 0 Å². The van der Waals surface area contributed by atoms with E-state index in [2.05, 4.69) is 31.2 Å². The molecule has 0 fully saturated rings. The van der Waals surface area contributed by atoms with Gasteiger partial charge in [-0.2, -0.15) is 0 Å². The van der Waals surface area contributed by atoms with Crippen LogP contribution in [-0.2, 0) is 6.54 Å². The Bertz CT molecular complexity index is 447. The number of hydrogen-bond donors (Lipinski definition) is 1. The molecule has 0 atom stereocenters. The number of rotatable bonds is 3. The van der Waals surface area contributed by atoms with Gasteiger partial charge in [0.1, 0.15) is 0 Å². The third-order valence-electron chi connectivity index (χ3n) is 1.73. The molecule has 0 unspecified atom stereocenters. The van der Waals surface area contributed by atoms with Gasteiger partial charge in [0.15, 0.2) is 11.6 Å². The molecule has 0 saturated heterocycles. The van der Waals surface area contributed by atoms with E-state index in [1.165, 1.54) is 17.4 Å². The molecule has 2 heterocycles. The van der Waals surface area contributed by atoms with Crippen molar-refractivity contribution in [3.05, 3.63) is 39.1 Å². The van der Waals surface area contributed by atoms with Crippen LogP contribution in [0.5, 0.6) is 0 Å². The monoisotopic (exact) mass is 287 g/mol. The number of hydrogen-bond acceptors (Lipinski definition) is 4. The van der Waals surface area contributed by atoms with Crippen molar-refractivity contribution in [1.82, 2.24) is 9.97 Å². The zero-order chi connectivity index (χ0) is 10.7. The van der Waals surface area contributed by atoms with Gasteiger partial charge in [-0.15, -0.1) is 11.3 Å². The Kier molecular flexibility index (Phi) is 3.27. The fourth-order valence-corrected chi connectivity index (χ4v) is 1.91. The molecule has 0 radical (unpaired) electrons. The summed E-state index contributed by atoms with van der Waals surface area (Å²) in [5, 5.41) is 4.79. The summed E-state index contributed by atoms with van der Waals surface area (Å²) in [6.45, 7) is 0.481. The quantitative estimate of drug-likeness (QED) is 0.943. The average molecular weight is 288 g/mol. The van der Waals surface area contributed by atoms with Crippen LogP contribution in [0.1, 0.15) is 5.69 Å². The number of halogens is 2. The number of nitrogens with one attached hydrogen (secondary N) is 1. The summed E-state index contributed by atoms with van der Waals surface area (Å²) in [6, 6.07) is 1.37. The van der Waals surface area contributed by atoms with Crippen LogP contribution in [0.15, 0.2) is 27.6 Å². The van der Waals surface area contributed by atoms with E-state index in [0.717, 1.165) is 5.69 Å². The van der Waals surface area contributed by atoms with Gasteiger partial charge >= 0.3 is 0 Å². The van der Waals surface area contributed by atoms with Gasteiger partial charge in [0, 0.05) is 16.0 Å². The van der Waals surface area contributed by atoms with Crippen LogP contribution in [0.2, 0.25) is 0 Å². The van der Waals surface area contributed by atoms with Crippen molar-refractivity contribution < 1.29 is 4.39 Å². The van der Waals surface area contributed by atoms with Crippen molar-refractivity contribution in [2.75, 3.05) is 5.32 Å². The lowest BCUT2D eigenvalue weighted by Crippen LogP contribution is -2.03. The molecule has 0 aliphatic carbocycles. The highest BCUT2D eigenvalue weighted by molar-refractivity contribution is 9.10. The zero-order valence-electron chi connectivity index (χ0n) is 7.58. The van der Waals surface area contributed by atoms with Crippen LogP contribution < -0.4 is 5.32 Å². The van der Waals surface area contributed by atoms with E-state index in [0.29, 0.717) is 11.0 Å². The van der Waals surface area contributed by atoms with Crippen molar-refractivity contribution in [1.29, 1.82) is 0 Å². The van der Waals surface area contributed by atoms with Crippen LogP contribution >= 0.6 is 27.3 Å². The number of pyridine rings is 1. The highest BCUT2D eigenvalue weighted by Gasteiger charge is 2.04. The predicted molar refractivity (Wildman–Crippen MR) is 61.3 cm³/mol. The first-order valence-electron chi connectivity index (χ1n) is 4.17. The maximum atomic E-state index is 13.3. The average Bonchev–Trinajstić information content (AvgIpc) is 2.69. The molecule has 2 aromatic rings. The van der Waals surface area contributed by atoms with Crippen LogP contribution in [-0.4, -0.2) is 9.97 Å². The van der Waals surface area contributed by atoms with Gasteiger partial charge in [-0.3, -0.25) is 0 Å². The SMILES string of the molecule is Fc1cc(Br)cnc1NCc1cscn1. The first-order valence-corrected chi connectivity index (χ1v) is 5.91. The first kappa shape index (κ1) is 10.5. The Labute approximate surface area is 98.5 Å². The molecule has 78 valence electrons. The van der Waals surface area contributed by atoms with Gasteiger partial charge in [-0.25, -0.2) is 14.4 Å². The van der Waals surface area contributed by atoms with Crippen LogP contribution in [0, 0.1) is 5.82 Å². The van der Waals surface area contributed by atoms with E-state index in [9.17, 15) is 4.39 Å². The third-order valence-corrected chi connectivity index (χ3v) is 2.80. The third kappa shape index (κ3) is 2.73. The summed E-state index contributed by atoms with van der Waals surface area (Å²) in [5.41, 5.74) is 2.62. The lowest BCUT2D eigenvalue weighted by Gasteiger charge is -2.04. The summed E-state index contributed by atoms with van der Waals surface area (Å²) < 4.78 is 13.9. The van der Waals surface area contributed by atoms with Crippen LogP contribution in [0.3, 0.4) is 0 Å². The van der Waals surface area contributed by atoms with Crippen molar-refractivity contribution in [3.8, 4) is 0 Å². The molecule has 2 aromatic heterocycles. The molecule has 3 nitrogen and oxygen atoms in total. The largest absolute Gasteiger partial charge is 0.362 e. The normalized spacial score (nSPS) is 10.3. The molecule has 2 rings (SSSR count). The smallest absolute Gasteiger partial charge is 0.166 e. The Balaban J connectivity index is 2.05. The molecular weight excluding hydrogens is 281 g/mol. The second-order valence-corrected chi connectivity index (χ2v) is 4.45. The minimum Gasteiger partial charge on any atom is -0.362 e. The number of anilines is 1. The molecule has 6 heteroatoms. The van der Waals surface area contributed by atoms with E-state index < -0.39 is 0 Å². The summed E-state index contributed by atoms with van der Waals surface area (Å²) in [6.07, 6.45) is 1.55. The molecule has 0 spiro atoms. The molecule has 0 aliphatic heterocycles. The zero-order valence-corrected chi connectivity index (χ0v) is 9.98. The Morgan fingerprint density at radius 3 is 3.00 bits per heavy atom. The number of nitrogens with zero attached hydrogens (tertiary/aromatic N) is 2. The Morgan fingerprint density at radius 1 is 1.47 bits per heavy atom. The molecule has 0 bridgehead atoms. The minimum absolute atomic E-state index is 0.242. The molecule has 0 amide bonds. The summed E-state index contributed by atoms with van der Waals surface area (Å²) in [4.78, 5) is 7.99. The minimum atomic E-state index is -0.375. The van der Waals surface area contributed by atoms with Gasteiger partial charge in [0.2, 0.25) is 0 Å². The lowest BCUT2D eigenvalue weighted by molar-refractivity contribution is 0.623. The van der Waals surface area contributed by atoms with Crippen LogP contribution in [0.25, 0.3) is 0 Å². The second kappa shape index (κ2) is 4.67. The summed E-state index contributed by atoms with van der Waals surface area (Å²) in [5.74, 6) is -0.134. The lowest BCUT2D eigenvalue weighted by atomic mass is 10.4. The van der Waals surface area contributed by atoms with Gasteiger partial charge in [-0.1, -0.05) is 0 Å². The van der Waals surface area contributed by atoms with Crippen molar-refractivity contribution in [2.45, 2.75) is 6.54 Å². The fraction of sp³-hybridized carbons (Fsp3) is 0.111. The maximum Gasteiger partial charge on any atom is 0.166 e. The summed E-state index contributed by atoms with van der Waals surface area (Å²) >= 11 is 4.65. The standard InChI is InChI=1S/C9H7BrFN3S/c10-6-1-8(11)9(12-2-6)13-3-7-4-15-5-14-7/h1-2,4-5H,3H2,(H,12,13). The van der Waals surface area contributed by atoms with E-state index >= 15 is 0 Å². The van der Waals surface area contributed by atoms with Gasteiger partial charge in [0.25, 0.3) is 0 Å². The Hall–Kier alpha value is -1.01. The number of aromatic nitrogens is 2. The molecule has 0 aromatic carbocycles.